The zero-order valence-corrected chi connectivity index (χ0v) is 16.3. The van der Waals surface area contributed by atoms with Gasteiger partial charge in [-0.1, -0.05) is 11.6 Å². The molecule has 1 aliphatic heterocycles. The van der Waals surface area contributed by atoms with Gasteiger partial charge in [-0.15, -0.1) is 0 Å². The third-order valence-corrected chi connectivity index (χ3v) is 6.37. The predicted molar refractivity (Wildman–Crippen MR) is 91.9 cm³/mol. The van der Waals surface area contributed by atoms with Gasteiger partial charge < -0.3 is 9.64 Å². The maximum absolute atomic E-state index is 14.7. The molecular formula is C16H21ClF2N2O4S. The second-order valence-corrected chi connectivity index (χ2v) is 9.45. The fourth-order valence-electron chi connectivity index (χ4n) is 2.66. The molecule has 26 heavy (non-hydrogen) atoms. The molecule has 2 rings (SSSR count). The van der Waals surface area contributed by atoms with Gasteiger partial charge in [0.05, 0.1) is 0 Å². The molecular weight excluding hydrogens is 390 g/mol. The Kier molecular flexibility index (Phi) is 5.82. The molecule has 0 radical (unpaired) electrons. The molecule has 0 N–H and O–H groups in total. The van der Waals surface area contributed by atoms with Crippen molar-refractivity contribution in [1.82, 2.24) is 9.88 Å². The van der Waals surface area contributed by atoms with Gasteiger partial charge in [-0.25, -0.2) is 18.2 Å². The van der Waals surface area contributed by atoms with E-state index in [0.717, 1.165) is 6.07 Å². The topological polar surface area (TPSA) is 76.6 Å². The number of hydrogen-bond donors (Lipinski definition) is 0. The van der Waals surface area contributed by atoms with Crippen molar-refractivity contribution in [3.05, 3.63) is 23.5 Å². The molecule has 0 saturated carbocycles. The maximum Gasteiger partial charge on any atom is 0.410 e. The van der Waals surface area contributed by atoms with Gasteiger partial charge in [-0.2, -0.15) is 8.78 Å². The van der Waals surface area contributed by atoms with Gasteiger partial charge in [0.2, 0.25) is 9.84 Å². The van der Waals surface area contributed by atoms with Crippen LogP contribution in [0.3, 0.4) is 0 Å². The second-order valence-electron chi connectivity index (χ2n) is 7.10. The van der Waals surface area contributed by atoms with Crippen molar-refractivity contribution in [2.75, 3.05) is 13.1 Å². The standard InChI is InChI=1S/C16H21ClF2N2O4S/c1-15(2,3)25-14(22)21-9-6-11(7-10-21)16(18,19)26(23,24)12-5-4-8-20-13(12)17/h4-5,8,11H,6-7,9-10H2,1-3H3. The molecule has 0 spiro atoms. The van der Waals surface area contributed by atoms with Crippen molar-refractivity contribution >= 4 is 27.5 Å². The van der Waals surface area contributed by atoms with Crippen LogP contribution in [-0.2, 0) is 14.6 Å². The number of amides is 1. The third-order valence-electron chi connectivity index (χ3n) is 3.99. The summed E-state index contributed by atoms with van der Waals surface area (Å²) in [6, 6.07) is 2.24. The smallest absolute Gasteiger partial charge is 0.410 e. The largest absolute Gasteiger partial charge is 0.444 e. The van der Waals surface area contributed by atoms with E-state index in [2.05, 4.69) is 4.98 Å². The minimum atomic E-state index is -5.00. The number of nitrogens with zero attached hydrogens (tertiary/aromatic N) is 2. The number of piperidine rings is 1. The van der Waals surface area contributed by atoms with Gasteiger partial charge in [0.1, 0.15) is 15.6 Å². The lowest BCUT2D eigenvalue weighted by atomic mass is 9.97. The first kappa shape index (κ1) is 20.8. The molecule has 1 aromatic rings. The Morgan fingerprint density at radius 3 is 2.38 bits per heavy atom. The monoisotopic (exact) mass is 410 g/mol. The van der Waals surface area contributed by atoms with Crippen LogP contribution < -0.4 is 0 Å². The highest BCUT2D eigenvalue weighted by atomic mass is 35.5. The maximum atomic E-state index is 14.7. The van der Waals surface area contributed by atoms with E-state index >= 15 is 0 Å². The van der Waals surface area contributed by atoms with E-state index in [1.165, 1.54) is 17.2 Å². The van der Waals surface area contributed by atoms with Crippen molar-refractivity contribution in [2.24, 2.45) is 5.92 Å². The average molecular weight is 411 g/mol. The van der Waals surface area contributed by atoms with Crippen LogP contribution in [0.2, 0.25) is 5.15 Å². The number of likely N-dealkylation sites (tertiary alicyclic amines) is 1. The summed E-state index contributed by atoms with van der Waals surface area (Å²) < 4.78 is 59.5. The van der Waals surface area contributed by atoms with Gasteiger partial charge in [0.25, 0.3) is 0 Å². The summed E-state index contributed by atoms with van der Waals surface area (Å²) in [6.45, 7) is 5.10. The van der Waals surface area contributed by atoms with Gasteiger partial charge in [0, 0.05) is 25.2 Å². The molecule has 2 heterocycles. The molecule has 0 aliphatic carbocycles. The first-order chi connectivity index (χ1) is 11.9. The van der Waals surface area contributed by atoms with E-state index in [9.17, 15) is 22.0 Å². The molecule has 1 amide bonds. The van der Waals surface area contributed by atoms with Gasteiger partial charge in [-0.05, 0) is 45.7 Å². The Morgan fingerprint density at radius 1 is 1.31 bits per heavy atom. The highest BCUT2D eigenvalue weighted by molar-refractivity contribution is 7.92. The van der Waals surface area contributed by atoms with E-state index < -0.39 is 42.8 Å². The van der Waals surface area contributed by atoms with E-state index in [1.54, 1.807) is 20.8 Å². The first-order valence-electron chi connectivity index (χ1n) is 8.07. The summed E-state index contributed by atoms with van der Waals surface area (Å²) in [5.74, 6) is -1.43. The Hall–Kier alpha value is -1.48. The zero-order chi connectivity index (χ0) is 19.8. The Balaban J connectivity index is 2.13. The summed E-state index contributed by atoms with van der Waals surface area (Å²) in [6.07, 6.45) is 0.295. The highest BCUT2D eigenvalue weighted by Gasteiger charge is 2.54. The van der Waals surface area contributed by atoms with Crippen LogP contribution in [0, 0.1) is 5.92 Å². The number of carbonyl (C=O) groups excluding carboxylic acids is 1. The van der Waals surface area contributed by atoms with Crippen molar-refractivity contribution in [3.63, 3.8) is 0 Å². The molecule has 10 heteroatoms. The molecule has 0 aromatic carbocycles. The van der Waals surface area contributed by atoms with E-state index in [4.69, 9.17) is 16.3 Å². The van der Waals surface area contributed by atoms with Crippen LogP contribution in [0.4, 0.5) is 13.6 Å². The fourth-order valence-corrected chi connectivity index (χ4v) is 4.59. The lowest BCUT2D eigenvalue weighted by Crippen LogP contribution is -2.47. The molecule has 0 atom stereocenters. The number of alkyl halides is 2. The normalized spacial score (nSPS) is 17.2. The van der Waals surface area contributed by atoms with Crippen LogP contribution in [0.5, 0.6) is 0 Å². The summed E-state index contributed by atoms with van der Waals surface area (Å²) in [4.78, 5) is 16.2. The number of halogens is 3. The summed E-state index contributed by atoms with van der Waals surface area (Å²) in [5, 5.41) is -4.50. The average Bonchev–Trinajstić information content (AvgIpc) is 2.53. The number of rotatable bonds is 3. The molecule has 6 nitrogen and oxygen atoms in total. The molecule has 146 valence electrons. The number of sulfone groups is 1. The lowest BCUT2D eigenvalue weighted by molar-refractivity contribution is -0.0178. The van der Waals surface area contributed by atoms with Crippen LogP contribution >= 0.6 is 11.6 Å². The van der Waals surface area contributed by atoms with Crippen molar-refractivity contribution in [1.29, 1.82) is 0 Å². The van der Waals surface area contributed by atoms with E-state index in [-0.39, 0.29) is 25.9 Å². The number of ether oxygens (including phenoxy) is 1. The van der Waals surface area contributed by atoms with Crippen LogP contribution in [0.25, 0.3) is 0 Å². The SMILES string of the molecule is CC(C)(C)OC(=O)N1CCC(C(F)(F)S(=O)(=O)c2cccnc2Cl)CC1. The zero-order valence-electron chi connectivity index (χ0n) is 14.7. The van der Waals surface area contributed by atoms with Crippen LogP contribution in [0.15, 0.2) is 23.2 Å². The van der Waals surface area contributed by atoms with Gasteiger partial charge in [0.15, 0.2) is 0 Å². The number of pyridine rings is 1. The predicted octanol–water partition coefficient (Wildman–Crippen LogP) is 3.75. The lowest BCUT2D eigenvalue weighted by Gasteiger charge is -2.36. The van der Waals surface area contributed by atoms with Gasteiger partial charge >= 0.3 is 11.3 Å². The molecule has 0 unspecified atom stereocenters. The molecule has 0 bridgehead atoms. The Labute approximate surface area is 156 Å². The Morgan fingerprint density at radius 2 is 1.88 bits per heavy atom. The number of carbonyl (C=O) groups is 1. The quantitative estimate of drug-likeness (QED) is 0.709. The van der Waals surface area contributed by atoms with E-state index in [0.29, 0.717) is 0 Å². The Bertz CT molecular complexity index is 773. The molecule has 1 fully saturated rings. The summed E-state index contributed by atoms with van der Waals surface area (Å²) in [5.41, 5.74) is -0.696. The third kappa shape index (κ3) is 4.25. The summed E-state index contributed by atoms with van der Waals surface area (Å²) >= 11 is 5.69. The highest BCUT2D eigenvalue weighted by Crippen LogP contribution is 2.42. The molecule has 1 aromatic heterocycles. The number of hydrogen-bond acceptors (Lipinski definition) is 5. The van der Waals surface area contributed by atoms with Crippen molar-refractivity contribution in [3.8, 4) is 0 Å². The van der Waals surface area contributed by atoms with Crippen molar-refractivity contribution in [2.45, 2.75) is 49.4 Å². The fraction of sp³-hybridized carbons (Fsp3) is 0.625. The second kappa shape index (κ2) is 7.26. The summed E-state index contributed by atoms with van der Waals surface area (Å²) in [7, 11) is -5.00. The minimum Gasteiger partial charge on any atom is -0.444 e. The van der Waals surface area contributed by atoms with Gasteiger partial charge in [-0.3, -0.25) is 0 Å². The number of aromatic nitrogens is 1. The molecule has 1 saturated heterocycles. The molecule has 1 aliphatic rings. The van der Waals surface area contributed by atoms with Crippen molar-refractivity contribution < 1.29 is 26.7 Å². The first-order valence-corrected chi connectivity index (χ1v) is 9.93. The van der Waals surface area contributed by atoms with E-state index in [1.807, 2.05) is 0 Å². The van der Waals surface area contributed by atoms with Crippen LogP contribution in [-0.4, -0.2) is 48.3 Å². The van der Waals surface area contributed by atoms with Crippen LogP contribution in [0.1, 0.15) is 33.6 Å². The minimum absolute atomic E-state index is 0.00847.